The van der Waals surface area contributed by atoms with E-state index in [2.05, 4.69) is 35.3 Å². The Morgan fingerprint density at radius 2 is 2.05 bits per heavy atom. The van der Waals surface area contributed by atoms with Gasteiger partial charge in [0.05, 0.1) is 19.8 Å². The van der Waals surface area contributed by atoms with Crippen molar-refractivity contribution < 1.29 is 9.47 Å². The van der Waals surface area contributed by atoms with Gasteiger partial charge in [0.2, 0.25) is 0 Å². The van der Waals surface area contributed by atoms with E-state index < -0.39 is 0 Å². The largest absolute Gasteiger partial charge is 0.494 e. The topological polar surface area (TPSA) is 33.7 Å². The number of hydrogen-bond acceptors (Lipinski definition) is 4. The molecular weight excluding hydrogens is 276 g/mol. The fraction of sp³-hybridized carbons (Fsp3) is 0.667. The van der Waals surface area contributed by atoms with E-state index in [1.165, 1.54) is 19.3 Å². The summed E-state index contributed by atoms with van der Waals surface area (Å²) in [6.07, 6.45) is 4.96. The molecule has 0 saturated carbocycles. The fourth-order valence-corrected chi connectivity index (χ4v) is 2.60. The molecule has 22 heavy (non-hydrogen) atoms. The number of anilines is 1. The molecule has 1 aromatic carbocycles. The number of morpholine rings is 1. The van der Waals surface area contributed by atoms with Crippen LogP contribution < -0.4 is 10.1 Å². The quantitative estimate of drug-likeness (QED) is 0.672. The van der Waals surface area contributed by atoms with Crippen LogP contribution in [-0.4, -0.2) is 50.9 Å². The molecule has 4 heteroatoms. The van der Waals surface area contributed by atoms with E-state index in [1.54, 1.807) is 0 Å². The average molecular weight is 306 g/mol. The first-order chi connectivity index (χ1) is 10.9. The first kappa shape index (κ1) is 17.1. The van der Waals surface area contributed by atoms with E-state index in [1.807, 2.05) is 6.07 Å². The number of unbranched alkanes of at least 4 members (excludes halogenated alkanes) is 3. The van der Waals surface area contributed by atoms with E-state index >= 15 is 0 Å². The van der Waals surface area contributed by atoms with Gasteiger partial charge in [0.1, 0.15) is 5.75 Å². The first-order valence-corrected chi connectivity index (χ1v) is 8.65. The molecule has 1 N–H and O–H groups in total. The smallest absolute Gasteiger partial charge is 0.121 e. The summed E-state index contributed by atoms with van der Waals surface area (Å²) in [4.78, 5) is 2.44. The summed E-state index contributed by atoms with van der Waals surface area (Å²) in [6, 6.07) is 8.29. The summed E-state index contributed by atoms with van der Waals surface area (Å²) in [5, 5.41) is 3.48. The minimum Gasteiger partial charge on any atom is -0.494 e. The van der Waals surface area contributed by atoms with Crippen molar-refractivity contribution in [1.82, 2.24) is 4.90 Å². The number of ether oxygens (including phenoxy) is 2. The normalized spacial score (nSPS) is 15.7. The second kappa shape index (κ2) is 10.5. The van der Waals surface area contributed by atoms with Crippen LogP contribution in [0.15, 0.2) is 24.3 Å². The lowest BCUT2D eigenvalue weighted by Crippen LogP contribution is -2.38. The van der Waals surface area contributed by atoms with E-state index in [4.69, 9.17) is 9.47 Å². The molecule has 4 nitrogen and oxygen atoms in total. The van der Waals surface area contributed by atoms with Crippen molar-refractivity contribution in [2.45, 2.75) is 32.6 Å². The summed E-state index contributed by atoms with van der Waals surface area (Å²) in [5.74, 6) is 0.966. The SMILES string of the molecule is CCCCCCOc1cccc(NCCN2CCOCC2)c1. The molecule has 0 amide bonds. The van der Waals surface area contributed by atoms with Crippen molar-refractivity contribution in [2.75, 3.05) is 51.3 Å². The van der Waals surface area contributed by atoms with E-state index in [0.717, 1.165) is 63.9 Å². The molecule has 124 valence electrons. The average Bonchev–Trinajstić information content (AvgIpc) is 2.56. The van der Waals surface area contributed by atoms with E-state index in [-0.39, 0.29) is 0 Å². The van der Waals surface area contributed by atoms with E-state index in [9.17, 15) is 0 Å². The Kier molecular flexibility index (Phi) is 8.13. The zero-order valence-corrected chi connectivity index (χ0v) is 13.9. The van der Waals surface area contributed by atoms with Crippen molar-refractivity contribution in [3.8, 4) is 5.75 Å². The fourth-order valence-electron chi connectivity index (χ4n) is 2.60. The van der Waals surface area contributed by atoms with Gasteiger partial charge in [0.15, 0.2) is 0 Å². The summed E-state index contributed by atoms with van der Waals surface area (Å²) in [7, 11) is 0. The number of rotatable bonds is 10. The van der Waals surface area contributed by atoms with Gasteiger partial charge in [-0.1, -0.05) is 32.3 Å². The first-order valence-electron chi connectivity index (χ1n) is 8.65. The van der Waals surface area contributed by atoms with Gasteiger partial charge in [-0.05, 0) is 18.6 Å². The standard InChI is InChI=1S/C18H30N2O2/c1-2-3-4-5-13-22-18-8-6-7-17(16-18)19-9-10-20-11-14-21-15-12-20/h6-8,16,19H,2-5,9-15H2,1H3. The highest BCUT2D eigenvalue weighted by atomic mass is 16.5. The summed E-state index contributed by atoms with van der Waals surface area (Å²) in [6.45, 7) is 8.88. The number of benzene rings is 1. The van der Waals surface area contributed by atoms with Crippen LogP contribution in [0, 0.1) is 0 Å². The lowest BCUT2D eigenvalue weighted by atomic mass is 10.2. The van der Waals surface area contributed by atoms with Crippen LogP contribution >= 0.6 is 0 Å². The molecule has 2 rings (SSSR count). The van der Waals surface area contributed by atoms with Gasteiger partial charge in [0.25, 0.3) is 0 Å². The molecule has 1 aromatic rings. The van der Waals surface area contributed by atoms with Crippen molar-refractivity contribution >= 4 is 5.69 Å². The monoisotopic (exact) mass is 306 g/mol. The number of hydrogen-bond donors (Lipinski definition) is 1. The van der Waals surface area contributed by atoms with Crippen LogP contribution in [0.25, 0.3) is 0 Å². The van der Waals surface area contributed by atoms with Crippen LogP contribution in [0.4, 0.5) is 5.69 Å². The zero-order chi connectivity index (χ0) is 15.5. The van der Waals surface area contributed by atoms with Gasteiger partial charge in [-0.3, -0.25) is 4.90 Å². The Hall–Kier alpha value is -1.26. The molecule has 1 aliphatic heterocycles. The van der Waals surface area contributed by atoms with Gasteiger partial charge >= 0.3 is 0 Å². The summed E-state index contributed by atoms with van der Waals surface area (Å²) in [5.41, 5.74) is 1.14. The molecule has 0 radical (unpaired) electrons. The van der Waals surface area contributed by atoms with Crippen LogP contribution in [0.3, 0.4) is 0 Å². The molecule has 0 unspecified atom stereocenters. The third-order valence-electron chi connectivity index (χ3n) is 3.96. The summed E-state index contributed by atoms with van der Waals surface area (Å²) < 4.78 is 11.2. The van der Waals surface area contributed by atoms with Crippen LogP contribution in [0.2, 0.25) is 0 Å². The number of nitrogens with zero attached hydrogens (tertiary/aromatic N) is 1. The van der Waals surface area contributed by atoms with Gasteiger partial charge in [-0.2, -0.15) is 0 Å². The van der Waals surface area contributed by atoms with Crippen molar-refractivity contribution in [2.24, 2.45) is 0 Å². The third kappa shape index (κ3) is 6.67. The number of nitrogens with one attached hydrogen (secondary N) is 1. The highest BCUT2D eigenvalue weighted by Crippen LogP contribution is 2.17. The van der Waals surface area contributed by atoms with Crippen LogP contribution in [0.1, 0.15) is 32.6 Å². The van der Waals surface area contributed by atoms with Crippen molar-refractivity contribution in [3.63, 3.8) is 0 Å². The minimum atomic E-state index is 0.817. The van der Waals surface area contributed by atoms with Crippen molar-refractivity contribution in [3.05, 3.63) is 24.3 Å². The predicted octanol–water partition coefficient (Wildman–Crippen LogP) is 3.39. The molecule has 0 aromatic heterocycles. The maximum absolute atomic E-state index is 5.82. The molecule has 1 saturated heterocycles. The Morgan fingerprint density at radius 3 is 2.86 bits per heavy atom. The highest BCUT2D eigenvalue weighted by Gasteiger charge is 2.09. The maximum Gasteiger partial charge on any atom is 0.121 e. The highest BCUT2D eigenvalue weighted by molar-refractivity contribution is 5.48. The Labute approximate surface area is 134 Å². The Bertz CT molecular complexity index is 406. The van der Waals surface area contributed by atoms with Gasteiger partial charge in [-0.15, -0.1) is 0 Å². The molecule has 0 atom stereocenters. The predicted molar refractivity (Wildman–Crippen MR) is 91.8 cm³/mol. The summed E-state index contributed by atoms with van der Waals surface area (Å²) >= 11 is 0. The third-order valence-corrected chi connectivity index (χ3v) is 3.96. The molecule has 1 fully saturated rings. The lowest BCUT2D eigenvalue weighted by molar-refractivity contribution is 0.0398. The zero-order valence-electron chi connectivity index (χ0n) is 13.9. The molecule has 1 heterocycles. The van der Waals surface area contributed by atoms with E-state index in [0.29, 0.717) is 0 Å². The van der Waals surface area contributed by atoms with Crippen molar-refractivity contribution in [1.29, 1.82) is 0 Å². The lowest BCUT2D eigenvalue weighted by Gasteiger charge is -2.26. The molecular formula is C18H30N2O2. The minimum absolute atomic E-state index is 0.817. The molecule has 0 spiro atoms. The van der Waals surface area contributed by atoms with Crippen LogP contribution in [-0.2, 0) is 4.74 Å². The molecule has 0 aliphatic carbocycles. The Morgan fingerprint density at radius 1 is 1.18 bits per heavy atom. The maximum atomic E-state index is 5.82. The molecule has 1 aliphatic rings. The van der Waals surface area contributed by atoms with Gasteiger partial charge in [-0.25, -0.2) is 0 Å². The second-order valence-corrected chi connectivity index (χ2v) is 5.82. The molecule has 0 bridgehead atoms. The van der Waals surface area contributed by atoms with Gasteiger partial charge in [0, 0.05) is 37.9 Å². The van der Waals surface area contributed by atoms with Gasteiger partial charge < -0.3 is 14.8 Å². The van der Waals surface area contributed by atoms with Crippen LogP contribution in [0.5, 0.6) is 5.75 Å². The second-order valence-electron chi connectivity index (χ2n) is 5.82. The Balaban J connectivity index is 1.64.